The first-order chi connectivity index (χ1) is 12.2. The van der Waals surface area contributed by atoms with E-state index in [2.05, 4.69) is 30.2 Å². The highest BCUT2D eigenvalue weighted by molar-refractivity contribution is 5.95. The van der Waals surface area contributed by atoms with E-state index in [0.29, 0.717) is 17.5 Å². The smallest absolute Gasteiger partial charge is 0.0991 e. The van der Waals surface area contributed by atoms with Gasteiger partial charge in [-0.3, -0.25) is 4.98 Å². The molecule has 0 bridgehead atoms. The summed E-state index contributed by atoms with van der Waals surface area (Å²) in [5, 5.41) is 23.8. The Hall–Kier alpha value is -2.12. The van der Waals surface area contributed by atoms with Gasteiger partial charge in [0.1, 0.15) is 0 Å². The summed E-state index contributed by atoms with van der Waals surface area (Å²) in [5.74, 6) is 0.660. The zero-order chi connectivity index (χ0) is 17.8. The fourth-order valence-electron chi connectivity index (χ4n) is 4.02. The highest BCUT2D eigenvalue weighted by atomic mass is 16.3. The molecule has 1 aliphatic carbocycles. The first-order valence-electron chi connectivity index (χ1n) is 9.40. The predicted molar refractivity (Wildman–Crippen MR) is 101 cm³/mol. The molecule has 3 rings (SSSR count). The lowest BCUT2D eigenvalue weighted by Gasteiger charge is -2.30. The Morgan fingerprint density at radius 2 is 2.04 bits per heavy atom. The second-order valence-corrected chi connectivity index (χ2v) is 7.14. The molecule has 0 amide bonds. The molecule has 1 atom stereocenters. The van der Waals surface area contributed by atoms with E-state index in [-0.39, 0.29) is 6.61 Å². The summed E-state index contributed by atoms with van der Waals surface area (Å²) < 4.78 is 0. The van der Waals surface area contributed by atoms with Gasteiger partial charge >= 0.3 is 0 Å². The average Bonchev–Trinajstić information content (AvgIpc) is 2.67. The summed E-state index contributed by atoms with van der Waals surface area (Å²) in [6.45, 7) is 4.26. The molecule has 1 saturated carbocycles. The molecule has 4 nitrogen and oxygen atoms in total. The number of aliphatic hydroxyl groups excluding tert-OH is 1. The lowest BCUT2D eigenvalue weighted by atomic mass is 9.84. The van der Waals surface area contributed by atoms with Crippen LogP contribution in [0.4, 0.5) is 5.69 Å². The number of fused-ring (bicyclic) bond motifs is 1. The summed E-state index contributed by atoms with van der Waals surface area (Å²) in [6, 6.07) is 6.42. The van der Waals surface area contributed by atoms with Gasteiger partial charge < -0.3 is 10.4 Å². The van der Waals surface area contributed by atoms with Crippen LogP contribution in [0, 0.1) is 17.2 Å². The van der Waals surface area contributed by atoms with Crippen LogP contribution in [0.2, 0.25) is 0 Å². The van der Waals surface area contributed by atoms with Crippen LogP contribution in [-0.4, -0.2) is 16.1 Å². The van der Waals surface area contributed by atoms with Crippen molar-refractivity contribution in [3.8, 4) is 6.07 Å². The third kappa shape index (κ3) is 3.62. The first-order valence-corrected chi connectivity index (χ1v) is 9.40. The molecule has 132 valence electrons. The van der Waals surface area contributed by atoms with Gasteiger partial charge in [0.25, 0.3) is 0 Å². The van der Waals surface area contributed by atoms with Crippen molar-refractivity contribution in [3.05, 3.63) is 35.0 Å². The van der Waals surface area contributed by atoms with Crippen LogP contribution in [0.1, 0.15) is 62.6 Å². The van der Waals surface area contributed by atoms with Crippen molar-refractivity contribution in [1.82, 2.24) is 4.98 Å². The molecule has 1 fully saturated rings. The maximum Gasteiger partial charge on any atom is 0.0991 e. The number of rotatable bonds is 5. The summed E-state index contributed by atoms with van der Waals surface area (Å²) in [7, 11) is 0. The molecule has 1 aliphatic rings. The summed E-state index contributed by atoms with van der Waals surface area (Å²) in [6.07, 6.45) is 9.07. The molecule has 4 heteroatoms. The van der Waals surface area contributed by atoms with Gasteiger partial charge in [-0.1, -0.05) is 26.2 Å². The number of aryl methyl sites for hydroxylation is 1. The number of nitrogens with zero attached hydrogens (tertiary/aromatic N) is 2. The largest absolute Gasteiger partial charge is 0.392 e. The maximum atomic E-state index is 9.81. The third-order valence-corrected chi connectivity index (χ3v) is 5.54. The fraction of sp³-hybridized carbons (Fsp3) is 0.524. The van der Waals surface area contributed by atoms with Crippen LogP contribution in [0.25, 0.3) is 10.9 Å². The molecule has 1 aromatic carbocycles. The van der Waals surface area contributed by atoms with Crippen molar-refractivity contribution < 1.29 is 5.11 Å². The van der Waals surface area contributed by atoms with E-state index in [1.165, 1.54) is 32.1 Å². The monoisotopic (exact) mass is 337 g/mol. The molecule has 0 unspecified atom stereocenters. The van der Waals surface area contributed by atoms with E-state index in [0.717, 1.165) is 34.1 Å². The highest BCUT2D eigenvalue weighted by Crippen LogP contribution is 2.33. The van der Waals surface area contributed by atoms with Gasteiger partial charge in [0.2, 0.25) is 0 Å². The van der Waals surface area contributed by atoms with Gasteiger partial charge in [-0.2, -0.15) is 5.26 Å². The van der Waals surface area contributed by atoms with E-state index < -0.39 is 0 Å². The third-order valence-electron chi connectivity index (χ3n) is 5.54. The van der Waals surface area contributed by atoms with Crippen molar-refractivity contribution in [2.45, 2.75) is 65.0 Å². The molecule has 0 radical (unpaired) electrons. The van der Waals surface area contributed by atoms with Crippen molar-refractivity contribution >= 4 is 16.6 Å². The zero-order valence-electron chi connectivity index (χ0n) is 15.2. The first kappa shape index (κ1) is 17.7. The molecule has 1 heterocycles. The molecule has 0 aliphatic heterocycles. The number of aromatic nitrogens is 1. The van der Waals surface area contributed by atoms with E-state index >= 15 is 0 Å². The van der Waals surface area contributed by atoms with Gasteiger partial charge in [-0.15, -0.1) is 0 Å². The normalized spacial score (nSPS) is 16.6. The van der Waals surface area contributed by atoms with Gasteiger partial charge in [0.05, 0.1) is 29.4 Å². The van der Waals surface area contributed by atoms with E-state index in [1.54, 1.807) is 6.20 Å². The number of pyridine rings is 1. The van der Waals surface area contributed by atoms with Gasteiger partial charge in [-0.25, -0.2) is 0 Å². The number of benzene rings is 1. The summed E-state index contributed by atoms with van der Waals surface area (Å²) >= 11 is 0. The molecular weight excluding hydrogens is 310 g/mol. The lowest BCUT2D eigenvalue weighted by molar-refractivity contribution is 0.281. The van der Waals surface area contributed by atoms with Crippen LogP contribution in [0.3, 0.4) is 0 Å². The molecule has 1 aromatic heterocycles. The van der Waals surface area contributed by atoms with Crippen LogP contribution in [0.15, 0.2) is 18.3 Å². The SMILES string of the molecule is CCc1cc(C#N)cc2c(N[C@@H](C)C3CCCCC3)c(CO)cnc12. The average molecular weight is 337 g/mol. The summed E-state index contributed by atoms with van der Waals surface area (Å²) in [5.41, 5.74) is 4.39. The number of nitrogens with one attached hydrogen (secondary N) is 1. The number of nitriles is 1. The zero-order valence-corrected chi connectivity index (χ0v) is 15.2. The predicted octanol–water partition coefficient (Wildman–Crippen LogP) is 4.54. The van der Waals surface area contributed by atoms with Gasteiger partial charge in [0, 0.05) is 23.2 Å². The van der Waals surface area contributed by atoms with Crippen molar-refractivity contribution in [3.63, 3.8) is 0 Å². The highest BCUT2D eigenvalue weighted by Gasteiger charge is 2.22. The van der Waals surface area contributed by atoms with Gasteiger partial charge in [-0.05, 0) is 49.8 Å². The van der Waals surface area contributed by atoms with Crippen molar-refractivity contribution in [2.75, 3.05) is 5.32 Å². The fourth-order valence-corrected chi connectivity index (χ4v) is 4.02. The molecule has 2 aromatic rings. The minimum absolute atomic E-state index is 0.0547. The summed E-state index contributed by atoms with van der Waals surface area (Å²) in [4.78, 5) is 4.57. The van der Waals surface area contributed by atoms with Crippen LogP contribution in [0.5, 0.6) is 0 Å². The van der Waals surface area contributed by atoms with E-state index in [9.17, 15) is 10.4 Å². The van der Waals surface area contributed by atoms with E-state index in [4.69, 9.17) is 0 Å². The Bertz CT molecular complexity index is 788. The number of anilines is 1. The lowest BCUT2D eigenvalue weighted by Crippen LogP contribution is -2.28. The number of hydrogen-bond acceptors (Lipinski definition) is 4. The molecule has 0 saturated heterocycles. The molecule has 25 heavy (non-hydrogen) atoms. The topological polar surface area (TPSA) is 68.9 Å². The molecule has 2 N–H and O–H groups in total. The van der Waals surface area contributed by atoms with Crippen LogP contribution in [-0.2, 0) is 13.0 Å². The van der Waals surface area contributed by atoms with Crippen molar-refractivity contribution in [1.29, 1.82) is 5.26 Å². The van der Waals surface area contributed by atoms with Crippen LogP contribution >= 0.6 is 0 Å². The quantitative estimate of drug-likeness (QED) is 0.840. The van der Waals surface area contributed by atoms with Gasteiger partial charge in [0.15, 0.2) is 0 Å². The van der Waals surface area contributed by atoms with Crippen LogP contribution < -0.4 is 5.32 Å². The Morgan fingerprint density at radius 3 is 2.68 bits per heavy atom. The Morgan fingerprint density at radius 1 is 1.28 bits per heavy atom. The number of aliphatic hydroxyl groups is 1. The molecular formula is C21H27N3O. The Balaban J connectivity index is 2.06. The molecule has 0 spiro atoms. The minimum atomic E-state index is -0.0547. The standard InChI is InChI=1S/C21H27N3O/c1-3-16-9-15(11-22)10-19-20(16)23-12-18(13-25)21(19)24-14(2)17-7-5-4-6-8-17/h9-10,12,14,17,25H,3-8,13H2,1-2H3,(H,23,24)/t14-/m0/s1. The number of hydrogen-bond donors (Lipinski definition) is 2. The minimum Gasteiger partial charge on any atom is -0.392 e. The second kappa shape index (κ2) is 7.84. The van der Waals surface area contributed by atoms with Crippen molar-refractivity contribution in [2.24, 2.45) is 5.92 Å². The maximum absolute atomic E-state index is 9.81. The Labute approximate surface area is 149 Å². The van der Waals surface area contributed by atoms with E-state index in [1.807, 2.05) is 12.1 Å². The Kier molecular flexibility index (Phi) is 5.55. The second-order valence-electron chi connectivity index (χ2n) is 7.14.